The molecule has 0 radical (unpaired) electrons. The summed E-state index contributed by atoms with van der Waals surface area (Å²) in [5, 5.41) is 50.0. The monoisotopic (exact) mass is 244 g/mol. The van der Waals surface area contributed by atoms with Crippen molar-refractivity contribution in [2.45, 2.75) is 0 Å². The number of rotatable bonds is 0. The Balaban J connectivity index is -0.0000000145. The van der Waals surface area contributed by atoms with E-state index in [1.54, 1.807) is 0 Å². The van der Waals surface area contributed by atoms with Crippen molar-refractivity contribution in [2.24, 2.45) is 0 Å². The van der Waals surface area contributed by atoms with E-state index in [1.165, 1.54) is 0 Å². The van der Waals surface area contributed by atoms with Crippen LogP contribution in [0.3, 0.4) is 0 Å². The molecule has 0 aliphatic carbocycles. The first-order chi connectivity index (χ1) is 5.66. The van der Waals surface area contributed by atoms with Gasteiger partial charge in [0.15, 0.2) is 0 Å². The molecule has 64 valence electrons. The predicted octanol–water partition coefficient (Wildman–Crippen LogP) is 0.472. The van der Waals surface area contributed by atoms with Gasteiger partial charge in [-0.1, -0.05) is 0 Å². The van der Waals surface area contributed by atoms with Gasteiger partial charge in [0.2, 0.25) is 0 Å². The van der Waals surface area contributed by atoms with Crippen molar-refractivity contribution in [3.63, 3.8) is 0 Å². The normalized spacial score (nSPS) is 2.29. The molecule has 0 rings (SSSR count). The average Bonchev–Trinajstić information content (AvgIpc) is 1.92. The molecule has 0 spiro atoms. The quantitative estimate of drug-likeness (QED) is 0.341. The molecule has 0 unspecified atom stereocenters. The van der Waals surface area contributed by atoms with Crippen LogP contribution < -0.4 is 0 Å². The van der Waals surface area contributed by atoms with Gasteiger partial charge in [-0.2, -0.15) is 24.0 Å². The SMILES string of the molecule is [Ca+2].[Ca+2].[N-]=C=N.[N-]=C=N.[N-]=C=N.[N-]=C=N. The first-order valence-electron chi connectivity index (χ1n) is 1.89. The van der Waals surface area contributed by atoms with Crippen LogP contribution in [0.25, 0.3) is 21.6 Å². The zero-order chi connectivity index (χ0) is 10.8. The zero-order valence-electron chi connectivity index (χ0n) is 7.20. The summed E-state index contributed by atoms with van der Waals surface area (Å²) in [6.45, 7) is 0. The summed E-state index contributed by atoms with van der Waals surface area (Å²) in [6, 6.07) is 4.00. The van der Waals surface area contributed by atoms with Crippen molar-refractivity contribution in [3.05, 3.63) is 21.6 Å². The molecule has 0 fully saturated rings. The van der Waals surface area contributed by atoms with Crippen molar-refractivity contribution in [3.8, 4) is 0 Å². The van der Waals surface area contributed by atoms with E-state index >= 15 is 0 Å². The predicted molar refractivity (Wildman–Crippen MR) is 55.9 cm³/mol. The van der Waals surface area contributed by atoms with Crippen molar-refractivity contribution in [1.82, 2.24) is 0 Å². The van der Waals surface area contributed by atoms with Crippen LogP contribution in [0.1, 0.15) is 0 Å². The molecule has 0 aromatic rings. The standard InChI is InChI=1S/4CHN2.2Ca/c4*2-1-3;;/h4*2H;;/q4*-1;2*+2. The Morgan fingerprint density at radius 2 is 0.500 bits per heavy atom. The fourth-order valence-electron chi connectivity index (χ4n) is 0. The molecule has 0 aliphatic rings. The van der Waals surface area contributed by atoms with Gasteiger partial charge in [-0.3, -0.25) is 0 Å². The van der Waals surface area contributed by atoms with Crippen molar-refractivity contribution in [1.29, 1.82) is 21.6 Å². The van der Waals surface area contributed by atoms with Crippen molar-refractivity contribution < 1.29 is 0 Å². The van der Waals surface area contributed by atoms with Crippen LogP contribution >= 0.6 is 0 Å². The fourth-order valence-corrected chi connectivity index (χ4v) is 0. The van der Waals surface area contributed by atoms with E-state index in [1.807, 2.05) is 0 Å². The second kappa shape index (κ2) is 116. The van der Waals surface area contributed by atoms with Gasteiger partial charge in [0.25, 0.3) is 0 Å². The summed E-state index contributed by atoms with van der Waals surface area (Å²) >= 11 is 0. The Kier molecular flexibility index (Phi) is 306. The molecule has 4 N–H and O–H groups in total. The summed E-state index contributed by atoms with van der Waals surface area (Å²) in [4.78, 5) is 0. The molecule has 14 heavy (non-hydrogen) atoms. The molecule has 0 saturated carbocycles. The van der Waals surface area contributed by atoms with Crippen LogP contribution in [0.15, 0.2) is 0 Å². The Bertz CT molecular complexity index is 151. The minimum absolute atomic E-state index is 0. The van der Waals surface area contributed by atoms with Crippen LogP contribution in [-0.4, -0.2) is 99.5 Å². The minimum atomic E-state index is 0. The first kappa shape index (κ1) is 36.9. The van der Waals surface area contributed by atoms with Gasteiger partial charge < -0.3 is 43.3 Å². The van der Waals surface area contributed by atoms with Gasteiger partial charge >= 0.3 is 75.5 Å². The molecule has 0 amide bonds. The van der Waals surface area contributed by atoms with Crippen LogP contribution in [0.4, 0.5) is 0 Å². The number of nitrogens with zero attached hydrogens (tertiary/aromatic N) is 4. The number of nitrogens with one attached hydrogen (secondary N) is 4. The largest absolute Gasteiger partial charge is 2.00 e. The van der Waals surface area contributed by atoms with Gasteiger partial charge in [0, 0.05) is 0 Å². The maximum absolute atomic E-state index is 6.99. The smallest absolute Gasteiger partial charge is 0.447 e. The third-order valence-electron chi connectivity index (χ3n) is 0. The zero-order valence-corrected chi connectivity index (χ0v) is 11.6. The van der Waals surface area contributed by atoms with Crippen LogP contribution in [0.5, 0.6) is 0 Å². The maximum atomic E-state index is 6.99. The molecule has 0 atom stereocenters. The van der Waals surface area contributed by atoms with Crippen molar-refractivity contribution >= 4 is 99.5 Å². The molecule has 10 heteroatoms. The Morgan fingerprint density at radius 3 is 0.500 bits per heavy atom. The summed E-state index contributed by atoms with van der Waals surface area (Å²) in [5.41, 5.74) is 0. The van der Waals surface area contributed by atoms with Crippen LogP contribution in [0.2, 0.25) is 0 Å². The molecule has 0 saturated heterocycles. The Hall–Kier alpha value is 0.0395. The summed E-state index contributed by atoms with van der Waals surface area (Å²) in [5.74, 6) is 0. The fraction of sp³-hybridized carbons (Fsp3) is 0. The van der Waals surface area contributed by atoms with Crippen LogP contribution in [0, 0.1) is 21.6 Å². The molecular weight excluding hydrogens is 240 g/mol. The average molecular weight is 244 g/mol. The molecule has 0 aromatic carbocycles. The Morgan fingerprint density at radius 1 is 0.500 bits per heavy atom. The van der Waals surface area contributed by atoms with E-state index < -0.39 is 0 Å². The second-order valence-corrected chi connectivity index (χ2v) is 0.447. The van der Waals surface area contributed by atoms with E-state index in [0.717, 1.165) is 24.0 Å². The van der Waals surface area contributed by atoms with Gasteiger partial charge in [-0.05, 0) is 0 Å². The molecule has 0 heterocycles. The summed E-state index contributed by atoms with van der Waals surface area (Å²) in [6.07, 6.45) is 0. The van der Waals surface area contributed by atoms with Gasteiger partial charge in [0.1, 0.15) is 0 Å². The third kappa shape index (κ3) is 941000. The van der Waals surface area contributed by atoms with E-state index in [-0.39, 0.29) is 75.5 Å². The van der Waals surface area contributed by atoms with E-state index in [2.05, 4.69) is 0 Å². The van der Waals surface area contributed by atoms with E-state index in [0.29, 0.717) is 0 Å². The molecular formula is C4H4Ca2N8. The molecule has 8 nitrogen and oxygen atoms in total. The third-order valence-corrected chi connectivity index (χ3v) is 0. The topological polar surface area (TPSA) is 185 Å². The molecule has 0 aromatic heterocycles. The number of hydrogen-bond acceptors (Lipinski definition) is 4. The van der Waals surface area contributed by atoms with E-state index in [4.69, 9.17) is 43.3 Å². The summed E-state index contributed by atoms with van der Waals surface area (Å²) in [7, 11) is 0. The molecule has 0 aliphatic heterocycles. The minimum Gasteiger partial charge on any atom is -0.447 e. The number of hydrogen-bond donors (Lipinski definition) is 4. The van der Waals surface area contributed by atoms with Gasteiger partial charge in [-0.15, -0.1) is 0 Å². The first-order valence-corrected chi connectivity index (χ1v) is 1.89. The van der Waals surface area contributed by atoms with Crippen molar-refractivity contribution in [2.75, 3.05) is 0 Å². The molecule has 0 bridgehead atoms. The van der Waals surface area contributed by atoms with Crippen LogP contribution in [-0.2, 0) is 0 Å². The van der Waals surface area contributed by atoms with E-state index in [9.17, 15) is 0 Å². The van der Waals surface area contributed by atoms with Gasteiger partial charge in [0.05, 0.1) is 0 Å². The second-order valence-electron chi connectivity index (χ2n) is 0.447. The summed E-state index contributed by atoms with van der Waals surface area (Å²) < 4.78 is 0. The maximum Gasteiger partial charge on any atom is 2.00 e. The van der Waals surface area contributed by atoms with Gasteiger partial charge in [-0.25, -0.2) is 0 Å². The Labute approximate surface area is 141 Å².